The van der Waals surface area contributed by atoms with Gasteiger partial charge in [-0.25, -0.2) is 0 Å². The van der Waals surface area contributed by atoms with E-state index in [1.165, 1.54) is 6.92 Å². The number of hydrogen-bond donors (Lipinski definition) is 2. The van der Waals surface area contributed by atoms with Gasteiger partial charge in [0.15, 0.2) is 0 Å². The van der Waals surface area contributed by atoms with Crippen LogP contribution in [0.2, 0.25) is 0 Å². The molecule has 0 saturated carbocycles. The van der Waals surface area contributed by atoms with Gasteiger partial charge in [0, 0.05) is 24.7 Å². The Bertz CT molecular complexity index is 888. The highest BCUT2D eigenvalue weighted by atomic mass is 16.5. The van der Waals surface area contributed by atoms with Gasteiger partial charge in [-0.3, -0.25) is 14.4 Å². The van der Waals surface area contributed by atoms with Gasteiger partial charge in [-0.1, -0.05) is 42.5 Å². The number of rotatable bonds is 7. The van der Waals surface area contributed by atoms with E-state index in [2.05, 4.69) is 10.6 Å². The minimum absolute atomic E-state index is 0.172. The number of hydrogen-bond acceptors (Lipinski definition) is 4. The minimum atomic E-state index is -0.513. The Labute approximate surface area is 164 Å². The van der Waals surface area contributed by atoms with Crippen LogP contribution in [0.4, 0.5) is 0 Å². The smallest absolute Gasteiger partial charge is 0.308 e. The Morgan fingerprint density at radius 3 is 2.21 bits per heavy atom. The fraction of sp³-hybridized carbons (Fsp3) is 0.227. The third kappa shape index (κ3) is 6.09. The molecule has 2 N–H and O–H groups in total. The number of para-hydroxylation sites is 1. The molecule has 6 heteroatoms. The topological polar surface area (TPSA) is 84.5 Å². The summed E-state index contributed by atoms with van der Waals surface area (Å²) in [5.74, 6) is -1.04. The molecule has 0 aromatic heterocycles. The fourth-order valence-electron chi connectivity index (χ4n) is 2.50. The van der Waals surface area contributed by atoms with Gasteiger partial charge in [-0.2, -0.15) is 0 Å². The maximum absolute atomic E-state index is 12.5. The number of carbonyl (C=O) groups excluding carboxylic acids is 3. The molecule has 0 atom stereocenters. The van der Waals surface area contributed by atoms with Crippen LogP contribution in [0.1, 0.15) is 36.7 Å². The van der Waals surface area contributed by atoms with Gasteiger partial charge in [0.25, 0.3) is 5.91 Å². The second-order valence-electron chi connectivity index (χ2n) is 6.29. The second kappa shape index (κ2) is 10.1. The highest BCUT2D eigenvalue weighted by Gasteiger charge is 2.16. The number of allylic oxidation sites excluding steroid dienone is 1. The van der Waals surface area contributed by atoms with Crippen molar-refractivity contribution in [3.05, 3.63) is 77.0 Å². The molecule has 0 bridgehead atoms. The number of esters is 1. The summed E-state index contributed by atoms with van der Waals surface area (Å²) in [7, 11) is 0. The van der Waals surface area contributed by atoms with Crippen LogP contribution in [0.3, 0.4) is 0 Å². The third-order valence-corrected chi connectivity index (χ3v) is 4.13. The molecule has 0 aliphatic carbocycles. The molecular weight excluding hydrogens is 356 g/mol. The molecule has 0 radical (unpaired) electrons. The molecule has 0 heterocycles. The van der Waals surface area contributed by atoms with Gasteiger partial charge in [-0.15, -0.1) is 0 Å². The first-order valence-electron chi connectivity index (χ1n) is 8.97. The standard InChI is InChI=1S/C22H24N2O4/c1-15(21(26)23-14-13-18-9-5-4-6-10-18)16(2)24-22(27)19-11-7-8-12-20(19)28-17(3)25/h4-12H,13-14H2,1-3H3,(H,23,26)(H,24,27)/b16-15-. The van der Waals surface area contributed by atoms with Crippen LogP contribution in [0.15, 0.2) is 65.9 Å². The predicted octanol–water partition coefficient (Wildman–Crippen LogP) is 2.99. The number of nitrogens with one attached hydrogen (secondary N) is 2. The molecule has 0 aliphatic rings. The molecule has 28 heavy (non-hydrogen) atoms. The van der Waals surface area contributed by atoms with E-state index in [0.29, 0.717) is 17.8 Å². The summed E-state index contributed by atoms with van der Waals surface area (Å²) < 4.78 is 5.06. The lowest BCUT2D eigenvalue weighted by atomic mass is 10.1. The van der Waals surface area contributed by atoms with Crippen molar-refractivity contribution in [3.8, 4) is 5.75 Å². The van der Waals surface area contributed by atoms with Crippen LogP contribution >= 0.6 is 0 Å². The second-order valence-corrected chi connectivity index (χ2v) is 6.29. The Morgan fingerprint density at radius 2 is 1.54 bits per heavy atom. The van der Waals surface area contributed by atoms with Gasteiger partial charge in [0.05, 0.1) is 5.56 Å². The average Bonchev–Trinajstić information content (AvgIpc) is 2.68. The van der Waals surface area contributed by atoms with Crippen molar-refractivity contribution >= 4 is 17.8 Å². The number of amides is 2. The summed E-state index contributed by atoms with van der Waals surface area (Å²) in [6.07, 6.45) is 0.723. The van der Waals surface area contributed by atoms with Crippen LogP contribution < -0.4 is 15.4 Å². The molecule has 0 fully saturated rings. The molecule has 2 amide bonds. The summed E-state index contributed by atoms with van der Waals surface area (Å²) in [6, 6.07) is 16.3. The normalized spacial score (nSPS) is 11.2. The number of ether oxygens (including phenoxy) is 1. The van der Waals surface area contributed by atoms with E-state index in [4.69, 9.17) is 4.74 Å². The van der Waals surface area contributed by atoms with Gasteiger partial charge in [-0.05, 0) is 38.0 Å². The van der Waals surface area contributed by atoms with Crippen LogP contribution in [0.25, 0.3) is 0 Å². The van der Waals surface area contributed by atoms with Crippen molar-refractivity contribution in [2.45, 2.75) is 27.2 Å². The Balaban J connectivity index is 1.98. The molecule has 2 rings (SSSR count). The van der Waals surface area contributed by atoms with Crippen LogP contribution in [-0.4, -0.2) is 24.3 Å². The zero-order chi connectivity index (χ0) is 20.5. The van der Waals surface area contributed by atoms with E-state index in [1.807, 2.05) is 30.3 Å². The highest BCUT2D eigenvalue weighted by molar-refractivity contribution is 6.00. The van der Waals surface area contributed by atoms with E-state index >= 15 is 0 Å². The summed E-state index contributed by atoms with van der Waals surface area (Å²) in [6.45, 7) is 5.06. The molecule has 6 nitrogen and oxygen atoms in total. The molecular formula is C22H24N2O4. The zero-order valence-corrected chi connectivity index (χ0v) is 16.2. The van der Waals surface area contributed by atoms with Crippen LogP contribution in [-0.2, 0) is 16.0 Å². The van der Waals surface area contributed by atoms with Crippen molar-refractivity contribution in [2.24, 2.45) is 0 Å². The van der Waals surface area contributed by atoms with E-state index in [0.717, 1.165) is 12.0 Å². The Kier molecular flexibility index (Phi) is 7.51. The average molecular weight is 380 g/mol. The lowest BCUT2D eigenvalue weighted by Gasteiger charge is -2.12. The van der Waals surface area contributed by atoms with E-state index in [1.54, 1.807) is 38.1 Å². The maximum Gasteiger partial charge on any atom is 0.308 e. The fourth-order valence-corrected chi connectivity index (χ4v) is 2.50. The first kappa shape index (κ1) is 20.9. The Hall–Kier alpha value is -3.41. The molecule has 146 valence electrons. The molecule has 2 aromatic rings. The zero-order valence-electron chi connectivity index (χ0n) is 16.2. The first-order chi connectivity index (χ1) is 13.4. The number of benzene rings is 2. The lowest BCUT2D eigenvalue weighted by molar-refractivity contribution is -0.131. The summed E-state index contributed by atoms with van der Waals surface area (Å²) in [5.41, 5.74) is 2.19. The van der Waals surface area contributed by atoms with E-state index < -0.39 is 11.9 Å². The largest absolute Gasteiger partial charge is 0.426 e. The van der Waals surface area contributed by atoms with Crippen molar-refractivity contribution in [1.29, 1.82) is 0 Å². The van der Waals surface area contributed by atoms with Crippen molar-refractivity contribution in [1.82, 2.24) is 10.6 Å². The number of carbonyl (C=O) groups is 3. The summed E-state index contributed by atoms with van der Waals surface area (Å²) in [5, 5.41) is 5.53. The molecule has 2 aromatic carbocycles. The quantitative estimate of drug-likeness (QED) is 0.439. The van der Waals surface area contributed by atoms with Crippen molar-refractivity contribution < 1.29 is 19.1 Å². The van der Waals surface area contributed by atoms with Gasteiger partial charge < -0.3 is 15.4 Å². The van der Waals surface area contributed by atoms with Gasteiger partial charge in [0.2, 0.25) is 5.91 Å². The van der Waals surface area contributed by atoms with Crippen LogP contribution in [0, 0.1) is 0 Å². The predicted molar refractivity (Wildman–Crippen MR) is 107 cm³/mol. The highest BCUT2D eigenvalue weighted by Crippen LogP contribution is 2.18. The molecule has 0 unspecified atom stereocenters. The SMILES string of the molecule is CC(=O)Oc1ccccc1C(=O)N/C(C)=C(/C)C(=O)NCCc1ccccc1. The van der Waals surface area contributed by atoms with Crippen molar-refractivity contribution in [3.63, 3.8) is 0 Å². The molecule has 0 saturated heterocycles. The van der Waals surface area contributed by atoms with Crippen LogP contribution in [0.5, 0.6) is 5.75 Å². The van der Waals surface area contributed by atoms with Gasteiger partial charge >= 0.3 is 5.97 Å². The van der Waals surface area contributed by atoms with Crippen molar-refractivity contribution in [2.75, 3.05) is 6.54 Å². The minimum Gasteiger partial charge on any atom is -0.426 e. The molecule has 0 aliphatic heterocycles. The molecule has 0 spiro atoms. The van der Waals surface area contributed by atoms with E-state index in [-0.39, 0.29) is 17.2 Å². The maximum atomic E-state index is 12.5. The first-order valence-corrected chi connectivity index (χ1v) is 8.97. The lowest BCUT2D eigenvalue weighted by Crippen LogP contribution is -2.30. The van der Waals surface area contributed by atoms with Gasteiger partial charge in [0.1, 0.15) is 5.75 Å². The Morgan fingerprint density at radius 1 is 0.893 bits per heavy atom. The summed E-state index contributed by atoms with van der Waals surface area (Å²) >= 11 is 0. The summed E-state index contributed by atoms with van der Waals surface area (Å²) in [4.78, 5) is 36.0. The third-order valence-electron chi connectivity index (χ3n) is 4.13. The van der Waals surface area contributed by atoms with E-state index in [9.17, 15) is 14.4 Å². The monoisotopic (exact) mass is 380 g/mol.